The van der Waals surface area contributed by atoms with Crippen LogP contribution >= 0.6 is 11.6 Å². The Morgan fingerprint density at radius 1 is 1.28 bits per heavy atom. The van der Waals surface area contributed by atoms with Crippen LogP contribution in [0.25, 0.3) is 11.3 Å². The molecule has 134 valence electrons. The quantitative estimate of drug-likeness (QED) is 0.756. The number of rotatable bonds is 5. The molecule has 1 heterocycles. The Morgan fingerprint density at radius 2 is 2.00 bits per heavy atom. The van der Waals surface area contributed by atoms with Gasteiger partial charge in [-0.15, -0.1) is 0 Å². The van der Waals surface area contributed by atoms with Crippen LogP contribution in [0.2, 0.25) is 5.02 Å². The maximum atomic E-state index is 12.5. The van der Waals surface area contributed by atoms with Crippen molar-refractivity contribution in [3.63, 3.8) is 0 Å². The molecule has 0 unspecified atom stereocenters. The van der Waals surface area contributed by atoms with Gasteiger partial charge in [0.25, 0.3) is 0 Å². The van der Waals surface area contributed by atoms with Gasteiger partial charge in [-0.05, 0) is 43.7 Å². The minimum Gasteiger partial charge on any atom is -0.441 e. The van der Waals surface area contributed by atoms with E-state index in [1.165, 1.54) is 12.8 Å². The minimum atomic E-state index is 0.164. The number of hydrogen-bond acceptors (Lipinski definition) is 3. The summed E-state index contributed by atoms with van der Waals surface area (Å²) in [6, 6.07) is 7.89. The van der Waals surface area contributed by atoms with Gasteiger partial charge in [-0.3, -0.25) is 4.79 Å². The topological polar surface area (TPSA) is 46.3 Å². The molecule has 1 saturated carbocycles. The van der Waals surface area contributed by atoms with Gasteiger partial charge in [-0.1, -0.05) is 30.7 Å². The lowest BCUT2D eigenvalue weighted by Crippen LogP contribution is -2.39. The van der Waals surface area contributed by atoms with E-state index in [4.69, 9.17) is 16.0 Å². The lowest BCUT2D eigenvalue weighted by Gasteiger charge is -2.33. The van der Waals surface area contributed by atoms with Crippen molar-refractivity contribution in [1.82, 2.24) is 9.88 Å². The largest absolute Gasteiger partial charge is 0.441 e. The van der Waals surface area contributed by atoms with Gasteiger partial charge >= 0.3 is 0 Å². The summed E-state index contributed by atoms with van der Waals surface area (Å²) in [5.74, 6) is 2.17. The van der Waals surface area contributed by atoms with Crippen LogP contribution in [0.4, 0.5) is 0 Å². The zero-order chi connectivity index (χ0) is 17.8. The van der Waals surface area contributed by atoms with Crippen molar-refractivity contribution in [2.75, 3.05) is 7.05 Å². The highest BCUT2D eigenvalue weighted by Gasteiger charge is 2.24. The number of amides is 1. The fourth-order valence-electron chi connectivity index (χ4n) is 3.44. The molecule has 4 nitrogen and oxygen atoms in total. The van der Waals surface area contributed by atoms with Crippen LogP contribution in [0, 0.1) is 5.92 Å². The summed E-state index contributed by atoms with van der Waals surface area (Å²) in [5, 5.41) is 0.632. The van der Waals surface area contributed by atoms with Crippen molar-refractivity contribution in [2.24, 2.45) is 5.92 Å². The van der Waals surface area contributed by atoms with Gasteiger partial charge in [-0.2, -0.15) is 0 Å². The number of hydrogen-bond donors (Lipinski definition) is 0. The molecular formula is C20H25ClN2O2. The van der Waals surface area contributed by atoms with Crippen LogP contribution in [0.1, 0.15) is 44.9 Å². The maximum Gasteiger partial charge on any atom is 0.223 e. The Labute approximate surface area is 154 Å². The number of aromatic nitrogens is 1. The highest BCUT2D eigenvalue weighted by Crippen LogP contribution is 2.29. The summed E-state index contributed by atoms with van der Waals surface area (Å²) in [6.07, 6.45) is 7.25. The zero-order valence-electron chi connectivity index (χ0n) is 14.9. The fourth-order valence-corrected chi connectivity index (χ4v) is 3.66. The van der Waals surface area contributed by atoms with Crippen LogP contribution in [-0.4, -0.2) is 28.9 Å². The molecule has 0 aliphatic heterocycles. The Morgan fingerprint density at radius 3 is 2.72 bits per heavy atom. The number of nitrogens with zero attached hydrogens (tertiary/aromatic N) is 2. The first kappa shape index (κ1) is 18.0. The molecular weight excluding hydrogens is 336 g/mol. The molecule has 1 aliphatic rings. The van der Waals surface area contributed by atoms with E-state index in [-0.39, 0.29) is 5.91 Å². The Hall–Kier alpha value is -1.81. The molecule has 3 rings (SSSR count). The molecule has 0 atom stereocenters. The standard InChI is InChI=1S/C20H25ClN2O2/c1-14-7-9-15(10-8-14)23(2)20(24)12-11-19-22-13-18(25-19)16-5-3-4-6-17(16)21/h3-6,13-15H,7-12H2,1-2H3. The van der Waals surface area contributed by atoms with E-state index in [9.17, 15) is 4.79 Å². The highest BCUT2D eigenvalue weighted by molar-refractivity contribution is 6.33. The van der Waals surface area contributed by atoms with Crippen molar-refractivity contribution >= 4 is 17.5 Å². The minimum absolute atomic E-state index is 0.164. The monoisotopic (exact) mass is 360 g/mol. The second-order valence-electron chi connectivity index (χ2n) is 7.02. The molecule has 2 aromatic rings. The summed E-state index contributed by atoms with van der Waals surface area (Å²) in [5.41, 5.74) is 0.822. The van der Waals surface area contributed by atoms with E-state index in [1.807, 2.05) is 36.2 Å². The van der Waals surface area contributed by atoms with Gasteiger partial charge < -0.3 is 9.32 Å². The maximum absolute atomic E-state index is 12.5. The Bertz CT molecular complexity index is 720. The van der Waals surface area contributed by atoms with Crippen LogP contribution in [0.5, 0.6) is 0 Å². The van der Waals surface area contributed by atoms with Gasteiger partial charge in [0.1, 0.15) is 0 Å². The van der Waals surface area contributed by atoms with Gasteiger partial charge in [-0.25, -0.2) is 4.98 Å². The zero-order valence-corrected chi connectivity index (χ0v) is 15.6. The van der Waals surface area contributed by atoms with Crippen LogP contribution in [-0.2, 0) is 11.2 Å². The molecule has 5 heteroatoms. The van der Waals surface area contributed by atoms with E-state index in [2.05, 4.69) is 11.9 Å². The first-order valence-electron chi connectivity index (χ1n) is 9.00. The average molecular weight is 361 g/mol. The second kappa shape index (κ2) is 8.05. The van der Waals surface area contributed by atoms with E-state index in [0.29, 0.717) is 35.6 Å². The smallest absolute Gasteiger partial charge is 0.223 e. The van der Waals surface area contributed by atoms with Crippen molar-refractivity contribution in [3.05, 3.63) is 41.4 Å². The number of aryl methyl sites for hydroxylation is 1. The molecule has 0 N–H and O–H groups in total. The summed E-state index contributed by atoms with van der Waals surface area (Å²) in [7, 11) is 1.92. The highest BCUT2D eigenvalue weighted by atomic mass is 35.5. The predicted octanol–water partition coefficient (Wildman–Crippen LogP) is 4.96. The fraction of sp³-hybridized carbons (Fsp3) is 0.500. The number of carbonyl (C=O) groups is 1. The molecule has 25 heavy (non-hydrogen) atoms. The average Bonchev–Trinajstić information content (AvgIpc) is 3.09. The lowest BCUT2D eigenvalue weighted by molar-refractivity contribution is -0.132. The van der Waals surface area contributed by atoms with Crippen molar-refractivity contribution in [1.29, 1.82) is 0 Å². The summed E-state index contributed by atoms with van der Waals surface area (Å²) in [6.45, 7) is 2.29. The normalized spacial score (nSPS) is 20.4. The van der Waals surface area contributed by atoms with Crippen molar-refractivity contribution < 1.29 is 9.21 Å². The SMILES string of the molecule is CC1CCC(N(C)C(=O)CCc2ncc(-c3ccccc3Cl)o2)CC1. The summed E-state index contributed by atoms with van der Waals surface area (Å²) >= 11 is 6.18. The lowest BCUT2D eigenvalue weighted by atomic mass is 9.86. The third-order valence-corrected chi connectivity index (χ3v) is 5.50. The summed E-state index contributed by atoms with van der Waals surface area (Å²) < 4.78 is 5.77. The Kier molecular flexibility index (Phi) is 5.79. The number of oxazole rings is 1. The third kappa shape index (κ3) is 4.43. The Balaban J connectivity index is 1.55. The number of benzene rings is 1. The number of halogens is 1. The molecule has 0 bridgehead atoms. The first-order valence-corrected chi connectivity index (χ1v) is 9.37. The van der Waals surface area contributed by atoms with Crippen molar-refractivity contribution in [2.45, 2.75) is 51.5 Å². The third-order valence-electron chi connectivity index (χ3n) is 5.17. The number of carbonyl (C=O) groups excluding carboxylic acids is 1. The predicted molar refractivity (Wildman–Crippen MR) is 99.5 cm³/mol. The molecule has 0 spiro atoms. The van der Waals surface area contributed by atoms with Crippen LogP contribution in [0.15, 0.2) is 34.9 Å². The van der Waals surface area contributed by atoms with Gasteiger partial charge in [0.15, 0.2) is 11.7 Å². The van der Waals surface area contributed by atoms with E-state index >= 15 is 0 Å². The van der Waals surface area contributed by atoms with Gasteiger partial charge in [0.2, 0.25) is 5.91 Å². The molecule has 1 amide bonds. The molecule has 1 aromatic heterocycles. The van der Waals surface area contributed by atoms with Crippen molar-refractivity contribution in [3.8, 4) is 11.3 Å². The van der Waals surface area contributed by atoms with Crippen LogP contribution in [0.3, 0.4) is 0 Å². The van der Waals surface area contributed by atoms with E-state index < -0.39 is 0 Å². The van der Waals surface area contributed by atoms with Gasteiger partial charge in [0.05, 0.1) is 11.2 Å². The van der Waals surface area contributed by atoms with Crippen LogP contribution < -0.4 is 0 Å². The molecule has 0 saturated heterocycles. The molecule has 0 radical (unpaired) electrons. The van der Waals surface area contributed by atoms with E-state index in [1.54, 1.807) is 6.20 Å². The molecule has 1 aliphatic carbocycles. The van der Waals surface area contributed by atoms with Gasteiger partial charge in [0, 0.05) is 31.5 Å². The first-order chi connectivity index (χ1) is 12.0. The molecule has 1 aromatic carbocycles. The second-order valence-corrected chi connectivity index (χ2v) is 7.42. The van der Waals surface area contributed by atoms with E-state index in [0.717, 1.165) is 24.3 Å². The summed E-state index contributed by atoms with van der Waals surface area (Å²) in [4.78, 5) is 18.7. The molecule has 1 fully saturated rings.